The van der Waals surface area contributed by atoms with E-state index >= 15 is 0 Å². The van der Waals surface area contributed by atoms with Crippen molar-refractivity contribution in [2.24, 2.45) is 0 Å². The molecule has 1 atom stereocenters. The van der Waals surface area contributed by atoms with Gasteiger partial charge >= 0.3 is 0 Å². The number of carbonyl (C=O) groups excluding carboxylic acids is 1. The summed E-state index contributed by atoms with van der Waals surface area (Å²) in [5.74, 6) is 0.00404. The van der Waals surface area contributed by atoms with Gasteiger partial charge in [-0.2, -0.15) is 0 Å². The van der Waals surface area contributed by atoms with Crippen LogP contribution in [0.4, 0.5) is 0 Å². The summed E-state index contributed by atoms with van der Waals surface area (Å²) in [5, 5.41) is 3.66. The van der Waals surface area contributed by atoms with Gasteiger partial charge in [-0.1, -0.05) is 6.92 Å². The molecule has 9 nitrogen and oxygen atoms in total. The number of amides is 1. The summed E-state index contributed by atoms with van der Waals surface area (Å²) in [4.78, 5) is 52.1. The molecular formula is C21H22N6O3S. The van der Waals surface area contributed by atoms with E-state index in [4.69, 9.17) is 0 Å². The van der Waals surface area contributed by atoms with E-state index in [2.05, 4.69) is 20.1 Å². The zero-order chi connectivity index (χ0) is 21.7. The van der Waals surface area contributed by atoms with E-state index in [1.807, 2.05) is 17.9 Å². The number of nitrogens with one attached hydrogen (secondary N) is 2. The lowest BCUT2D eigenvalue weighted by Crippen LogP contribution is -2.39. The number of thiophene rings is 1. The van der Waals surface area contributed by atoms with Crippen molar-refractivity contribution >= 4 is 33.1 Å². The first-order valence-corrected chi connectivity index (χ1v) is 11.2. The fraction of sp³-hybridized carbons (Fsp3) is 0.381. The number of hydrogen-bond acceptors (Lipinski definition) is 6. The Labute approximate surface area is 180 Å². The maximum Gasteiger partial charge on any atom is 0.272 e. The molecule has 1 aliphatic heterocycles. The van der Waals surface area contributed by atoms with Crippen LogP contribution in [0.2, 0.25) is 0 Å². The number of nitrogens with zero attached hydrogens (tertiary/aromatic N) is 4. The van der Waals surface area contributed by atoms with Crippen molar-refractivity contribution in [1.29, 1.82) is 0 Å². The number of aromatic nitrogens is 5. The Kier molecular flexibility index (Phi) is 4.73. The van der Waals surface area contributed by atoms with Gasteiger partial charge in [-0.15, -0.1) is 11.3 Å². The Hall–Kier alpha value is -3.27. The maximum atomic E-state index is 13.3. The van der Waals surface area contributed by atoms with Gasteiger partial charge in [-0.05, 0) is 31.7 Å². The minimum atomic E-state index is -0.225. The number of H-pyrrole nitrogens is 2. The lowest BCUT2D eigenvalue weighted by molar-refractivity contribution is 0.0710. The smallest absolute Gasteiger partial charge is 0.272 e. The Morgan fingerprint density at radius 2 is 2.16 bits per heavy atom. The van der Waals surface area contributed by atoms with Crippen molar-refractivity contribution in [3.63, 3.8) is 0 Å². The van der Waals surface area contributed by atoms with Crippen LogP contribution in [0.15, 0.2) is 28.0 Å². The van der Waals surface area contributed by atoms with Gasteiger partial charge in [0.25, 0.3) is 17.0 Å². The predicted molar refractivity (Wildman–Crippen MR) is 118 cm³/mol. The molecule has 160 valence electrons. The highest BCUT2D eigenvalue weighted by molar-refractivity contribution is 7.20. The zero-order valence-corrected chi connectivity index (χ0v) is 18.1. The van der Waals surface area contributed by atoms with E-state index in [0.717, 1.165) is 24.2 Å². The highest BCUT2D eigenvalue weighted by atomic mass is 32.1. The standard InChI is InChI=1S/C21H22N6O3S/c1-3-13-7-16(28)27-15(24-13)8-14(25-27)12-5-4-6-26(9-12)21(30)18-11(2)17-19(29)22-10-23-20(17)31-18/h7-8,10,12,25H,3-6,9H2,1-2H3,(H,22,23,29)/t12-/m0/s1. The first kappa shape index (κ1) is 19.7. The van der Waals surface area contributed by atoms with Crippen LogP contribution in [0.1, 0.15) is 52.3 Å². The highest BCUT2D eigenvalue weighted by Crippen LogP contribution is 2.31. The number of carbonyl (C=O) groups is 1. The molecule has 0 saturated carbocycles. The number of aromatic amines is 2. The van der Waals surface area contributed by atoms with E-state index in [9.17, 15) is 14.4 Å². The van der Waals surface area contributed by atoms with Gasteiger partial charge < -0.3 is 9.88 Å². The van der Waals surface area contributed by atoms with Crippen molar-refractivity contribution in [1.82, 2.24) is 29.5 Å². The second-order valence-electron chi connectivity index (χ2n) is 7.90. The zero-order valence-electron chi connectivity index (χ0n) is 17.3. The van der Waals surface area contributed by atoms with Crippen molar-refractivity contribution < 1.29 is 4.79 Å². The molecule has 0 spiro atoms. The number of hydrogen-bond donors (Lipinski definition) is 2. The number of fused-ring (bicyclic) bond motifs is 2. The topological polar surface area (TPSA) is 116 Å². The minimum absolute atomic E-state index is 0.0794. The molecule has 4 aromatic rings. The van der Waals surface area contributed by atoms with Crippen LogP contribution in [-0.2, 0) is 6.42 Å². The van der Waals surface area contributed by atoms with Crippen LogP contribution < -0.4 is 11.1 Å². The van der Waals surface area contributed by atoms with E-state index in [0.29, 0.717) is 45.8 Å². The quantitative estimate of drug-likeness (QED) is 0.509. The van der Waals surface area contributed by atoms with Gasteiger partial charge in [0, 0.05) is 42.5 Å². The first-order valence-electron chi connectivity index (χ1n) is 10.3. The van der Waals surface area contributed by atoms with Crippen LogP contribution in [0.5, 0.6) is 0 Å². The van der Waals surface area contributed by atoms with E-state index in [-0.39, 0.29) is 22.9 Å². The Bertz CT molecular complexity index is 1430. The molecule has 0 aromatic carbocycles. The van der Waals surface area contributed by atoms with Crippen LogP contribution in [0.25, 0.3) is 15.9 Å². The molecule has 0 radical (unpaired) electrons. The average molecular weight is 439 g/mol. The molecule has 1 amide bonds. The fourth-order valence-corrected chi connectivity index (χ4v) is 5.41. The van der Waals surface area contributed by atoms with Crippen molar-refractivity contribution in [3.05, 3.63) is 61.0 Å². The average Bonchev–Trinajstić information content (AvgIpc) is 3.36. The molecule has 4 aromatic heterocycles. The molecule has 2 N–H and O–H groups in total. The molecule has 0 unspecified atom stereocenters. The third kappa shape index (κ3) is 3.27. The van der Waals surface area contributed by atoms with Gasteiger partial charge in [0.15, 0.2) is 5.65 Å². The third-order valence-electron chi connectivity index (χ3n) is 5.96. The maximum absolute atomic E-state index is 13.3. The van der Waals surface area contributed by atoms with Crippen LogP contribution in [-0.4, -0.2) is 48.5 Å². The van der Waals surface area contributed by atoms with E-state index in [1.54, 1.807) is 13.0 Å². The number of aryl methyl sites for hydroxylation is 2. The second-order valence-corrected chi connectivity index (χ2v) is 8.90. The SMILES string of the molecule is CCc1cc(=O)n2[nH]c([C@H]3CCCN(C(=O)c4sc5nc[nH]c(=O)c5c4C)C3)cc2n1. The normalized spacial score (nSPS) is 17.0. The van der Waals surface area contributed by atoms with Crippen LogP contribution in [0.3, 0.4) is 0 Å². The first-order chi connectivity index (χ1) is 15.0. The summed E-state index contributed by atoms with van der Waals surface area (Å²) < 4.78 is 1.46. The van der Waals surface area contributed by atoms with Gasteiger partial charge in [-0.25, -0.2) is 14.5 Å². The molecule has 31 heavy (non-hydrogen) atoms. The molecule has 1 aliphatic rings. The largest absolute Gasteiger partial charge is 0.337 e. The van der Waals surface area contributed by atoms with Crippen LogP contribution >= 0.6 is 11.3 Å². The molecule has 10 heteroatoms. The highest BCUT2D eigenvalue weighted by Gasteiger charge is 2.29. The predicted octanol–water partition coefficient (Wildman–Crippen LogP) is 2.21. The molecular weight excluding hydrogens is 416 g/mol. The minimum Gasteiger partial charge on any atom is -0.337 e. The summed E-state index contributed by atoms with van der Waals surface area (Å²) in [6, 6.07) is 3.46. The van der Waals surface area contributed by atoms with Crippen LogP contribution in [0, 0.1) is 6.92 Å². The Morgan fingerprint density at radius 1 is 1.32 bits per heavy atom. The van der Waals surface area contributed by atoms with Gasteiger partial charge in [0.1, 0.15) is 4.83 Å². The summed E-state index contributed by atoms with van der Waals surface area (Å²) >= 11 is 1.26. The monoisotopic (exact) mass is 438 g/mol. The lowest BCUT2D eigenvalue weighted by atomic mass is 9.94. The third-order valence-corrected chi connectivity index (χ3v) is 7.15. The van der Waals surface area contributed by atoms with Crippen molar-refractivity contribution in [2.45, 2.75) is 39.0 Å². The fourth-order valence-electron chi connectivity index (χ4n) is 4.29. The summed E-state index contributed by atoms with van der Waals surface area (Å²) in [6.45, 7) is 4.96. The summed E-state index contributed by atoms with van der Waals surface area (Å²) in [5.41, 5.74) is 2.59. The van der Waals surface area contributed by atoms with Crippen molar-refractivity contribution in [2.75, 3.05) is 13.1 Å². The molecule has 5 heterocycles. The molecule has 5 rings (SSSR count). The van der Waals surface area contributed by atoms with Gasteiger partial charge in [-0.3, -0.25) is 19.5 Å². The number of rotatable bonds is 3. The Morgan fingerprint density at radius 3 is 2.94 bits per heavy atom. The summed E-state index contributed by atoms with van der Waals surface area (Å²) in [6.07, 6.45) is 3.83. The van der Waals surface area contributed by atoms with E-state index < -0.39 is 0 Å². The Balaban J connectivity index is 1.45. The summed E-state index contributed by atoms with van der Waals surface area (Å²) in [7, 11) is 0. The van der Waals surface area contributed by atoms with Gasteiger partial charge in [0.05, 0.1) is 16.6 Å². The molecule has 0 aliphatic carbocycles. The number of piperidine rings is 1. The second kappa shape index (κ2) is 7.45. The lowest BCUT2D eigenvalue weighted by Gasteiger charge is -2.32. The number of likely N-dealkylation sites (tertiary alicyclic amines) is 1. The molecule has 1 saturated heterocycles. The van der Waals surface area contributed by atoms with Crippen molar-refractivity contribution in [3.8, 4) is 0 Å². The molecule has 0 bridgehead atoms. The van der Waals surface area contributed by atoms with Gasteiger partial charge in [0.2, 0.25) is 0 Å². The molecule has 1 fully saturated rings. The van der Waals surface area contributed by atoms with E-state index in [1.165, 1.54) is 22.2 Å².